The summed E-state index contributed by atoms with van der Waals surface area (Å²) < 4.78 is 26.2. The molecule has 0 atom stereocenters. The summed E-state index contributed by atoms with van der Waals surface area (Å²) in [6.07, 6.45) is -0.993. The number of rotatable bonds is 2. The zero-order chi connectivity index (χ0) is 9.47. The summed E-state index contributed by atoms with van der Waals surface area (Å²) in [5, 5.41) is 0. The molecule has 0 N–H and O–H groups in total. The van der Waals surface area contributed by atoms with Gasteiger partial charge in [0.05, 0.1) is 5.41 Å². The Morgan fingerprint density at radius 2 is 1.69 bits per heavy atom. The Morgan fingerprint density at radius 3 is 2.08 bits per heavy atom. The van der Waals surface area contributed by atoms with Crippen molar-refractivity contribution in [2.75, 3.05) is 0 Å². The van der Waals surface area contributed by atoms with E-state index in [0.29, 0.717) is 12.8 Å². The van der Waals surface area contributed by atoms with Gasteiger partial charge in [-0.15, -0.1) is 0 Å². The van der Waals surface area contributed by atoms with Gasteiger partial charge in [0.1, 0.15) is 0 Å². The molecule has 0 spiro atoms. The van der Waals surface area contributed by atoms with Gasteiger partial charge in [-0.2, -0.15) is 0 Å². The van der Waals surface area contributed by atoms with Crippen molar-refractivity contribution in [3.63, 3.8) is 0 Å². The molecule has 1 saturated carbocycles. The first-order valence-corrected chi connectivity index (χ1v) is 4.99. The molecule has 0 bridgehead atoms. The summed E-state index contributed by atoms with van der Waals surface area (Å²) >= 11 is 3.28. The minimum atomic E-state index is -2.23. The van der Waals surface area contributed by atoms with Crippen LogP contribution in [0.15, 0.2) is 28.7 Å². The fourth-order valence-electron chi connectivity index (χ4n) is 1.55. The second-order valence-corrected chi connectivity index (χ2v) is 4.38. The van der Waals surface area contributed by atoms with Crippen molar-refractivity contribution in [3.8, 4) is 0 Å². The van der Waals surface area contributed by atoms with Gasteiger partial charge in [0.2, 0.25) is 6.43 Å². The van der Waals surface area contributed by atoms with Gasteiger partial charge in [0.15, 0.2) is 0 Å². The quantitative estimate of drug-likeness (QED) is 0.746. The van der Waals surface area contributed by atoms with E-state index >= 15 is 0 Å². The zero-order valence-corrected chi connectivity index (χ0v) is 8.52. The predicted octanol–water partition coefficient (Wildman–Crippen LogP) is 3.75. The number of benzene rings is 1. The lowest BCUT2D eigenvalue weighted by atomic mass is 9.97. The van der Waals surface area contributed by atoms with Gasteiger partial charge in [-0.3, -0.25) is 0 Å². The number of hydrogen-bond acceptors (Lipinski definition) is 0. The molecule has 0 nitrogen and oxygen atoms in total. The lowest BCUT2D eigenvalue weighted by Gasteiger charge is -2.13. The van der Waals surface area contributed by atoms with Crippen LogP contribution in [-0.4, -0.2) is 6.43 Å². The van der Waals surface area contributed by atoms with Crippen LogP contribution in [0.3, 0.4) is 0 Å². The largest absolute Gasteiger partial charge is 0.248 e. The third-order valence-electron chi connectivity index (χ3n) is 2.63. The molecule has 0 amide bonds. The van der Waals surface area contributed by atoms with Gasteiger partial charge < -0.3 is 0 Å². The third-order valence-corrected chi connectivity index (χ3v) is 3.15. The van der Waals surface area contributed by atoms with Crippen LogP contribution in [0.2, 0.25) is 0 Å². The Bertz CT molecular complexity index is 301. The van der Waals surface area contributed by atoms with Crippen molar-refractivity contribution in [3.05, 3.63) is 34.3 Å². The molecule has 0 aromatic heterocycles. The fourth-order valence-corrected chi connectivity index (χ4v) is 1.81. The maximum absolute atomic E-state index is 12.6. The fraction of sp³-hybridized carbons (Fsp3) is 0.400. The average Bonchev–Trinajstić information content (AvgIpc) is 2.86. The van der Waals surface area contributed by atoms with E-state index in [1.807, 2.05) is 12.1 Å². The second-order valence-electron chi connectivity index (χ2n) is 3.46. The highest BCUT2D eigenvalue weighted by Gasteiger charge is 2.52. The summed E-state index contributed by atoms with van der Waals surface area (Å²) in [7, 11) is 0. The van der Waals surface area contributed by atoms with E-state index in [-0.39, 0.29) is 0 Å². The van der Waals surface area contributed by atoms with Crippen LogP contribution in [0.1, 0.15) is 18.4 Å². The molecule has 1 aromatic rings. The summed E-state index contributed by atoms with van der Waals surface area (Å²) in [5.41, 5.74) is -0.0496. The lowest BCUT2D eigenvalue weighted by molar-refractivity contribution is 0.102. The molecule has 1 aliphatic rings. The van der Waals surface area contributed by atoms with Crippen molar-refractivity contribution < 1.29 is 8.78 Å². The van der Waals surface area contributed by atoms with Crippen LogP contribution in [0.4, 0.5) is 8.78 Å². The molecule has 0 radical (unpaired) electrons. The number of halogens is 3. The summed E-state index contributed by atoms with van der Waals surface area (Å²) in [4.78, 5) is 0. The Kier molecular flexibility index (Phi) is 2.14. The summed E-state index contributed by atoms with van der Waals surface area (Å²) in [5.74, 6) is 0. The maximum Gasteiger partial charge on any atom is 0.248 e. The first kappa shape index (κ1) is 9.13. The Hall–Kier alpha value is -0.440. The molecule has 3 heteroatoms. The van der Waals surface area contributed by atoms with Crippen molar-refractivity contribution in [2.24, 2.45) is 0 Å². The molecule has 1 fully saturated rings. The lowest BCUT2D eigenvalue weighted by Crippen LogP contribution is -2.16. The van der Waals surface area contributed by atoms with Crippen LogP contribution in [0.5, 0.6) is 0 Å². The van der Waals surface area contributed by atoms with E-state index in [1.54, 1.807) is 12.1 Å². The van der Waals surface area contributed by atoms with Crippen LogP contribution < -0.4 is 0 Å². The highest BCUT2D eigenvalue weighted by molar-refractivity contribution is 9.10. The minimum Gasteiger partial charge on any atom is -0.210 e. The molecular weight excluding hydrogens is 238 g/mol. The third kappa shape index (κ3) is 1.50. The molecule has 13 heavy (non-hydrogen) atoms. The molecule has 70 valence electrons. The molecule has 0 unspecified atom stereocenters. The molecule has 1 aromatic carbocycles. The van der Waals surface area contributed by atoms with E-state index in [2.05, 4.69) is 15.9 Å². The van der Waals surface area contributed by atoms with E-state index in [9.17, 15) is 8.78 Å². The minimum absolute atomic E-state index is 0.617. The highest BCUT2D eigenvalue weighted by atomic mass is 79.9. The van der Waals surface area contributed by atoms with Gasteiger partial charge in [-0.05, 0) is 30.5 Å². The molecule has 0 heterocycles. The standard InChI is InChI=1S/C10H9BrF2/c11-8-3-1-7(2-4-8)10(5-6-10)9(12)13/h1-4,9H,5-6H2. The van der Waals surface area contributed by atoms with Crippen molar-refractivity contribution in [2.45, 2.75) is 24.7 Å². The topological polar surface area (TPSA) is 0 Å². The van der Waals surface area contributed by atoms with Gasteiger partial charge in [-0.1, -0.05) is 28.1 Å². The van der Waals surface area contributed by atoms with Gasteiger partial charge in [0, 0.05) is 4.47 Å². The Morgan fingerprint density at radius 1 is 1.15 bits per heavy atom. The Balaban J connectivity index is 2.31. The summed E-state index contributed by atoms with van der Waals surface area (Å²) in [6, 6.07) is 7.20. The normalized spacial score (nSPS) is 19.1. The maximum atomic E-state index is 12.6. The molecular formula is C10H9BrF2. The van der Waals surface area contributed by atoms with E-state index in [1.165, 1.54) is 0 Å². The smallest absolute Gasteiger partial charge is 0.210 e. The van der Waals surface area contributed by atoms with E-state index in [0.717, 1.165) is 10.0 Å². The van der Waals surface area contributed by atoms with Crippen LogP contribution in [0.25, 0.3) is 0 Å². The second kappa shape index (κ2) is 3.05. The predicted molar refractivity (Wildman–Crippen MR) is 51.1 cm³/mol. The zero-order valence-electron chi connectivity index (χ0n) is 6.93. The Labute approximate surface area is 84.1 Å². The monoisotopic (exact) mass is 246 g/mol. The van der Waals surface area contributed by atoms with Crippen molar-refractivity contribution >= 4 is 15.9 Å². The number of alkyl halides is 2. The molecule has 0 aliphatic heterocycles. The van der Waals surface area contributed by atoms with Gasteiger partial charge in [0.25, 0.3) is 0 Å². The van der Waals surface area contributed by atoms with Crippen LogP contribution in [-0.2, 0) is 5.41 Å². The molecule has 2 rings (SSSR count). The van der Waals surface area contributed by atoms with Crippen LogP contribution >= 0.6 is 15.9 Å². The number of hydrogen-bond donors (Lipinski definition) is 0. The van der Waals surface area contributed by atoms with Crippen LogP contribution in [0, 0.1) is 0 Å². The summed E-state index contributed by atoms with van der Waals surface area (Å²) in [6.45, 7) is 0. The highest BCUT2D eigenvalue weighted by Crippen LogP contribution is 2.52. The average molecular weight is 247 g/mol. The SMILES string of the molecule is FC(F)C1(c2ccc(Br)cc2)CC1. The van der Waals surface area contributed by atoms with Gasteiger partial charge in [-0.25, -0.2) is 8.78 Å². The van der Waals surface area contributed by atoms with E-state index < -0.39 is 11.8 Å². The molecule has 1 aliphatic carbocycles. The first-order chi connectivity index (χ1) is 6.15. The molecule has 0 saturated heterocycles. The van der Waals surface area contributed by atoms with Crippen molar-refractivity contribution in [1.29, 1.82) is 0 Å². The van der Waals surface area contributed by atoms with Crippen molar-refractivity contribution in [1.82, 2.24) is 0 Å². The van der Waals surface area contributed by atoms with Gasteiger partial charge >= 0.3 is 0 Å². The first-order valence-electron chi connectivity index (χ1n) is 4.19. The van der Waals surface area contributed by atoms with E-state index in [4.69, 9.17) is 0 Å².